The molecule has 0 bridgehead atoms. The number of carbonyl (C=O) groups excluding carboxylic acids is 1. The molecule has 19 heavy (non-hydrogen) atoms. The summed E-state index contributed by atoms with van der Waals surface area (Å²) in [5.41, 5.74) is 7.08. The molecular formula is C15H16BrNOS. The first kappa shape index (κ1) is 14.3. The quantitative estimate of drug-likeness (QED) is 0.641. The van der Waals surface area contributed by atoms with Crippen molar-refractivity contribution in [3.8, 4) is 0 Å². The summed E-state index contributed by atoms with van der Waals surface area (Å²) < 4.78 is 0.672. The van der Waals surface area contributed by atoms with E-state index >= 15 is 0 Å². The van der Waals surface area contributed by atoms with Crippen LogP contribution in [0.3, 0.4) is 0 Å². The zero-order chi connectivity index (χ0) is 14.2. The molecule has 0 atom stereocenters. The lowest BCUT2D eigenvalue weighted by Gasteiger charge is -2.15. The van der Waals surface area contributed by atoms with Crippen LogP contribution in [0.5, 0.6) is 0 Å². The van der Waals surface area contributed by atoms with Crippen LogP contribution < -0.4 is 5.73 Å². The van der Waals surface area contributed by atoms with E-state index in [4.69, 9.17) is 5.73 Å². The fourth-order valence-electron chi connectivity index (χ4n) is 1.72. The lowest BCUT2D eigenvalue weighted by atomic mass is 9.95. The van der Waals surface area contributed by atoms with E-state index in [2.05, 4.69) is 36.7 Å². The van der Waals surface area contributed by atoms with Crippen LogP contribution in [0, 0.1) is 0 Å². The van der Waals surface area contributed by atoms with Crippen LogP contribution in [0.15, 0.2) is 34.8 Å². The Morgan fingerprint density at radius 2 is 1.89 bits per heavy atom. The molecule has 0 fully saturated rings. The first-order valence-corrected chi connectivity index (χ1v) is 7.60. The summed E-state index contributed by atoms with van der Waals surface area (Å²) in [5, 5.41) is 0. The van der Waals surface area contributed by atoms with Gasteiger partial charge in [0.15, 0.2) is 0 Å². The van der Waals surface area contributed by atoms with Crippen LogP contribution in [-0.2, 0) is 5.41 Å². The van der Waals surface area contributed by atoms with Crippen molar-refractivity contribution in [1.29, 1.82) is 0 Å². The molecule has 2 rings (SSSR count). The number of nitrogens with two attached hydrogens (primary N) is 1. The van der Waals surface area contributed by atoms with Crippen molar-refractivity contribution >= 4 is 38.7 Å². The van der Waals surface area contributed by atoms with Crippen LogP contribution in [0.25, 0.3) is 0 Å². The van der Waals surface area contributed by atoms with Crippen LogP contribution in [0.4, 0.5) is 5.69 Å². The van der Waals surface area contributed by atoms with Gasteiger partial charge >= 0.3 is 0 Å². The maximum atomic E-state index is 12.5. The Hall–Kier alpha value is -1.13. The monoisotopic (exact) mass is 337 g/mol. The van der Waals surface area contributed by atoms with E-state index in [9.17, 15) is 4.79 Å². The minimum absolute atomic E-state index is 0.0136. The van der Waals surface area contributed by atoms with Crippen molar-refractivity contribution in [3.63, 3.8) is 0 Å². The fourth-order valence-corrected chi connectivity index (χ4v) is 3.18. The predicted molar refractivity (Wildman–Crippen MR) is 85.0 cm³/mol. The molecule has 0 saturated carbocycles. The number of halogens is 1. The van der Waals surface area contributed by atoms with Gasteiger partial charge in [-0.1, -0.05) is 26.8 Å². The molecular weight excluding hydrogens is 322 g/mol. The second-order valence-corrected chi connectivity index (χ2v) is 7.33. The van der Waals surface area contributed by atoms with Gasteiger partial charge in [-0.15, -0.1) is 11.3 Å². The Kier molecular flexibility index (Phi) is 3.83. The third-order valence-electron chi connectivity index (χ3n) is 2.84. The van der Waals surface area contributed by atoms with Crippen molar-refractivity contribution in [1.82, 2.24) is 0 Å². The second kappa shape index (κ2) is 5.10. The Morgan fingerprint density at radius 3 is 2.47 bits per heavy atom. The number of carbonyl (C=O) groups is 1. The summed E-state index contributed by atoms with van der Waals surface area (Å²) in [7, 11) is 0. The van der Waals surface area contributed by atoms with Gasteiger partial charge < -0.3 is 5.73 Å². The Labute approximate surface area is 125 Å². The number of anilines is 1. The summed E-state index contributed by atoms with van der Waals surface area (Å²) in [4.78, 5) is 14.4. The molecule has 0 unspecified atom stereocenters. The van der Waals surface area contributed by atoms with E-state index in [1.165, 1.54) is 4.88 Å². The zero-order valence-electron chi connectivity index (χ0n) is 11.2. The van der Waals surface area contributed by atoms with Crippen LogP contribution in [0.2, 0.25) is 0 Å². The second-order valence-electron chi connectivity index (χ2n) is 5.45. The largest absolute Gasteiger partial charge is 0.398 e. The molecule has 2 aromatic rings. The topological polar surface area (TPSA) is 43.1 Å². The van der Waals surface area contributed by atoms with Gasteiger partial charge in [0.05, 0.1) is 9.35 Å². The van der Waals surface area contributed by atoms with Gasteiger partial charge in [0.1, 0.15) is 0 Å². The summed E-state index contributed by atoms with van der Waals surface area (Å²) in [5.74, 6) is 0.0136. The standard InChI is InChI=1S/C15H16BrNOS/c1-15(2,3)12-8-7-11(19-12)14(18)9-5-4-6-10(17)13(9)16/h4-8H,17H2,1-3H3. The maximum absolute atomic E-state index is 12.5. The van der Waals surface area contributed by atoms with Crippen molar-refractivity contribution in [2.24, 2.45) is 0 Å². The van der Waals surface area contributed by atoms with E-state index < -0.39 is 0 Å². The van der Waals surface area contributed by atoms with E-state index in [0.717, 1.165) is 4.88 Å². The Balaban J connectivity index is 2.40. The molecule has 1 aromatic heterocycles. The van der Waals surface area contributed by atoms with Crippen LogP contribution >= 0.6 is 27.3 Å². The van der Waals surface area contributed by atoms with E-state index in [-0.39, 0.29) is 11.2 Å². The number of rotatable bonds is 2. The number of ketones is 1. The molecule has 100 valence electrons. The van der Waals surface area contributed by atoms with Gasteiger partial charge in [0, 0.05) is 16.1 Å². The third-order valence-corrected chi connectivity index (χ3v) is 5.24. The predicted octanol–water partition coefficient (Wildman–Crippen LogP) is 4.62. The van der Waals surface area contributed by atoms with Gasteiger partial charge in [-0.05, 0) is 45.6 Å². The van der Waals surface area contributed by atoms with E-state index in [0.29, 0.717) is 15.7 Å². The highest BCUT2D eigenvalue weighted by atomic mass is 79.9. The van der Waals surface area contributed by atoms with Gasteiger partial charge in [0.2, 0.25) is 5.78 Å². The van der Waals surface area contributed by atoms with E-state index in [1.54, 1.807) is 29.5 Å². The molecule has 2 nitrogen and oxygen atoms in total. The number of benzene rings is 1. The average molecular weight is 338 g/mol. The highest BCUT2D eigenvalue weighted by Crippen LogP contribution is 2.32. The highest BCUT2D eigenvalue weighted by molar-refractivity contribution is 9.10. The van der Waals surface area contributed by atoms with Crippen molar-refractivity contribution < 1.29 is 4.79 Å². The summed E-state index contributed by atoms with van der Waals surface area (Å²) in [6, 6.07) is 9.28. The highest BCUT2D eigenvalue weighted by Gasteiger charge is 2.20. The number of hydrogen-bond donors (Lipinski definition) is 1. The van der Waals surface area contributed by atoms with Gasteiger partial charge in [-0.3, -0.25) is 4.79 Å². The van der Waals surface area contributed by atoms with Crippen molar-refractivity contribution in [2.45, 2.75) is 26.2 Å². The molecule has 0 amide bonds. The fraction of sp³-hybridized carbons (Fsp3) is 0.267. The molecule has 2 N–H and O–H groups in total. The molecule has 0 aliphatic heterocycles. The zero-order valence-corrected chi connectivity index (χ0v) is 13.6. The van der Waals surface area contributed by atoms with E-state index in [1.807, 2.05) is 12.1 Å². The molecule has 0 spiro atoms. The molecule has 1 aromatic carbocycles. The van der Waals surface area contributed by atoms with Gasteiger partial charge in [-0.2, -0.15) is 0 Å². The Morgan fingerprint density at radius 1 is 1.21 bits per heavy atom. The first-order chi connectivity index (χ1) is 8.80. The SMILES string of the molecule is CC(C)(C)c1ccc(C(=O)c2cccc(N)c2Br)s1. The summed E-state index contributed by atoms with van der Waals surface area (Å²) in [6.07, 6.45) is 0. The first-order valence-electron chi connectivity index (χ1n) is 5.99. The van der Waals surface area contributed by atoms with Crippen LogP contribution in [-0.4, -0.2) is 5.78 Å². The average Bonchev–Trinajstić information content (AvgIpc) is 2.81. The lowest BCUT2D eigenvalue weighted by molar-refractivity contribution is 0.104. The van der Waals surface area contributed by atoms with Crippen molar-refractivity contribution in [3.05, 3.63) is 50.1 Å². The smallest absolute Gasteiger partial charge is 0.204 e. The molecule has 0 saturated heterocycles. The minimum atomic E-state index is 0.0136. The minimum Gasteiger partial charge on any atom is -0.398 e. The summed E-state index contributed by atoms with van der Waals surface area (Å²) >= 11 is 4.93. The van der Waals surface area contributed by atoms with Gasteiger partial charge in [-0.25, -0.2) is 0 Å². The number of thiophene rings is 1. The normalized spacial score (nSPS) is 11.6. The molecule has 4 heteroatoms. The lowest BCUT2D eigenvalue weighted by Crippen LogP contribution is -2.08. The number of nitrogen functional groups attached to an aromatic ring is 1. The maximum Gasteiger partial charge on any atom is 0.204 e. The molecule has 0 radical (unpaired) electrons. The number of hydrogen-bond acceptors (Lipinski definition) is 3. The summed E-state index contributed by atoms with van der Waals surface area (Å²) in [6.45, 7) is 6.43. The molecule has 0 aliphatic carbocycles. The molecule has 1 heterocycles. The van der Waals surface area contributed by atoms with Crippen molar-refractivity contribution in [2.75, 3.05) is 5.73 Å². The third kappa shape index (κ3) is 2.90. The van der Waals surface area contributed by atoms with Crippen LogP contribution in [0.1, 0.15) is 40.9 Å². The van der Waals surface area contributed by atoms with Gasteiger partial charge in [0.25, 0.3) is 0 Å². The molecule has 0 aliphatic rings. The Bertz CT molecular complexity index is 625.